The van der Waals surface area contributed by atoms with Crippen molar-refractivity contribution < 1.29 is 22.6 Å². The summed E-state index contributed by atoms with van der Waals surface area (Å²) in [4.78, 5) is 7.99. The van der Waals surface area contributed by atoms with E-state index in [2.05, 4.69) is 27.5 Å². The molecule has 6 nitrogen and oxygen atoms in total. The van der Waals surface area contributed by atoms with Crippen LogP contribution in [0.4, 0.5) is 36.3 Å². The predicted octanol–water partition coefficient (Wildman–Crippen LogP) is 7.87. The molecule has 0 unspecified atom stereocenters. The van der Waals surface area contributed by atoms with E-state index in [1.54, 1.807) is 36.4 Å². The zero-order valence-electron chi connectivity index (χ0n) is 20.3. The molecule has 0 amide bonds. The molecule has 0 saturated heterocycles. The van der Waals surface area contributed by atoms with Crippen LogP contribution in [0, 0.1) is 0 Å². The van der Waals surface area contributed by atoms with Crippen molar-refractivity contribution in [3.05, 3.63) is 60.3 Å². The third-order valence-electron chi connectivity index (χ3n) is 5.94. The van der Waals surface area contributed by atoms with Crippen LogP contribution in [0.15, 0.2) is 54.7 Å². The molecule has 0 spiro atoms. The Morgan fingerprint density at radius 1 is 0.889 bits per heavy atom. The van der Waals surface area contributed by atoms with E-state index in [4.69, 9.17) is 9.47 Å². The molecule has 1 aromatic heterocycles. The Kier molecular flexibility index (Phi) is 8.51. The predicted molar refractivity (Wildman–Crippen MR) is 134 cm³/mol. The fourth-order valence-corrected chi connectivity index (χ4v) is 4.00. The Balaban J connectivity index is 1.44. The normalized spacial score (nSPS) is 14.0. The van der Waals surface area contributed by atoms with Crippen molar-refractivity contribution in [2.45, 2.75) is 64.1 Å². The number of aromatic nitrogens is 2. The van der Waals surface area contributed by atoms with Gasteiger partial charge in [-0.25, -0.2) is 4.98 Å². The van der Waals surface area contributed by atoms with Gasteiger partial charge in [-0.3, -0.25) is 0 Å². The fraction of sp³-hybridized carbons (Fsp3) is 0.407. The van der Waals surface area contributed by atoms with Crippen LogP contribution in [0.25, 0.3) is 0 Å². The van der Waals surface area contributed by atoms with E-state index < -0.39 is 11.7 Å². The monoisotopic (exact) mass is 500 g/mol. The maximum atomic E-state index is 13.6. The number of ether oxygens (including phenoxy) is 2. The lowest BCUT2D eigenvalue weighted by Crippen LogP contribution is -2.12. The van der Waals surface area contributed by atoms with Crippen LogP contribution in [0.5, 0.6) is 11.5 Å². The SMILES string of the molecule is CCCCCOc1ccc(Nc2nc(Nc3ccc(OC4CCCC4)cc3)ncc2C(F)(F)F)cc1. The summed E-state index contributed by atoms with van der Waals surface area (Å²) in [6.07, 6.45) is 4.05. The molecule has 0 radical (unpaired) electrons. The lowest BCUT2D eigenvalue weighted by atomic mass is 10.2. The molecule has 4 rings (SSSR count). The lowest BCUT2D eigenvalue weighted by Gasteiger charge is -2.16. The molecule has 2 aromatic carbocycles. The van der Waals surface area contributed by atoms with Crippen molar-refractivity contribution in [1.82, 2.24) is 9.97 Å². The van der Waals surface area contributed by atoms with Gasteiger partial charge in [0.2, 0.25) is 5.95 Å². The minimum atomic E-state index is -4.61. The molecule has 1 fully saturated rings. The molecule has 192 valence electrons. The van der Waals surface area contributed by atoms with Gasteiger partial charge in [0.1, 0.15) is 22.9 Å². The molecule has 1 aliphatic carbocycles. The summed E-state index contributed by atoms with van der Waals surface area (Å²) < 4.78 is 52.5. The number of unbranched alkanes of at least 4 members (excludes halogenated alkanes) is 2. The summed E-state index contributed by atoms with van der Waals surface area (Å²) >= 11 is 0. The van der Waals surface area contributed by atoms with E-state index in [0.717, 1.165) is 44.1 Å². The summed E-state index contributed by atoms with van der Waals surface area (Å²) in [7, 11) is 0. The Labute approximate surface area is 209 Å². The van der Waals surface area contributed by atoms with E-state index in [-0.39, 0.29) is 17.9 Å². The molecule has 0 atom stereocenters. The van der Waals surface area contributed by atoms with Crippen molar-refractivity contribution in [2.24, 2.45) is 0 Å². The van der Waals surface area contributed by atoms with Crippen LogP contribution in [-0.4, -0.2) is 22.7 Å². The molecule has 9 heteroatoms. The second-order valence-corrected chi connectivity index (χ2v) is 8.83. The first-order valence-corrected chi connectivity index (χ1v) is 12.4. The number of rotatable bonds is 11. The first kappa shape index (κ1) is 25.6. The average Bonchev–Trinajstić information content (AvgIpc) is 3.37. The quantitative estimate of drug-likeness (QED) is 0.261. The average molecular weight is 501 g/mol. The summed E-state index contributed by atoms with van der Waals surface area (Å²) in [5.41, 5.74) is 0.150. The lowest BCUT2D eigenvalue weighted by molar-refractivity contribution is -0.137. The minimum absolute atomic E-state index is 0.0471. The molecular weight excluding hydrogens is 469 g/mol. The summed E-state index contributed by atoms with van der Waals surface area (Å²) in [6.45, 7) is 2.72. The van der Waals surface area contributed by atoms with Gasteiger partial charge < -0.3 is 20.1 Å². The van der Waals surface area contributed by atoms with E-state index in [1.807, 2.05) is 12.1 Å². The summed E-state index contributed by atoms with van der Waals surface area (Å²) in [5.74, 6) is 1.14. The number of hydrogen-bond donors (Lipinski definition) is 2. The van der Waals surface area contributed by atoms with Gasteiger partial charge in [0, 0.05) is 17.6 Å². The van der Waals surface area contributed by atoms with E-state index in [1.165, 1.54) is 12.8 Å². The highest BCUT2D eigenvalue weighted by Gasteiger charge is 2.35. The molecule has 3 aromatic rings. The topological polar surface area (TPSA) is 68.3 Å². The molecule has 2 N–H and O–H groups in total. The van der Waals surface area contributed by atoms with Crippen LogP contribution in [0.2, 0.25) is 0 Å². The van der Waals surface area contributed by atoms with E-state index in [9.17, 15) is 13.2 Å². The van der Waals surface area contributed by atoms with Crippen molar-refractivity contribution >= 4 is 23.1 Å². The van der Waals surface area contributed by atoms with Gasteiger partial charge in [-0.2, -0.15) is 18.2 Å². The number of alkyl halides is 3. The Bertz CT molecular complexity index is 1100. The highest BCUT2D eigenvalue weighted by molar-refractivity contribution is 5.63. The number of anilines is 4. The van der Waals surface area contributed by atoms with E-state index in [0.29, 0.717) is 23.7 Å². The first-order chi connectivity index (χ1) is 17.4. The third-order valence-corrected chi connectivity index (χ3v) is 5.94. The van der Waals surface area contributed by atoms with Crippen molar-refractivity contribution in [3.63, 3.8) is 0 Å². The zero-order chi connectivity index (χ0) is 25.4. The molecular formula is C27H31F3N4O2. The van der Waals surface area contributed by atoms with Crippen LogP contribution < -0.4 is 20.1 Å². The molecule has 1 saturated carbocycles. The number of nitrogens with zero attached hydrogens (tertiary/aromatic N) is 2. The van der Waals surface area contributed by atoms with Crippen LogP contribution in [0.3, 0.4) is 0 Å². The molecule has 36 heavy (non-hydrogen) atoms. The number of benzene rings is 2. The van der Waals surface area contributed by atoms with Crippen molar-refractivity contribution in [2.75, 3.05) is 17.2 Å². The maximum absolute atomic E-state index is 13.6. The number of nitrogens with one attached hydrogen (secondary N) is 2. The molecule has 0 aliphatic heterocycles. The van der Waals surface area contributed by atoms with Crippen molar-refractivity contribution in [3.8, 4) is 11.5 Å². The van der Waals surface area contributed by atoms with Gasteiger partial charge in [0.05, 0.1) is 12.7 Å². The smallest absolute Gasteiger partial charge is 0.421 e. The van der Waals surface area contributed by atoms with Crippen molar-refractivity contribution in [1.29, 1.82) is 0 Å². The Morgan fingerprint density at radius 3 is 2.17 bits per heavy atom. The third kappa shape index (κ3) is 7.26. The highest BCUT2D eigenvalue weighted by atomic mass is 19.4. The second kappa shape index (κ2) is 12.0. The van der Waals surface area contributed by atoms with Gasteiger partial charge in [0.25, 0.3) is 0 Å². The Hall–Kier alpha value is -3.49. The molecule has 1 aliphatic rings. The standard InChI is InChI=1S/C27H31F3N4O2/c1-2-3-6-17-35-21-13-9-19(10-14-21)32-25-24(27(28,29)30)18-31-26(34-25)33-20-11-15-23(16-12-20)36-22-7-4-5-8-22/h9-16,18,22H,2-8,17H2,1H3,(H2,31,32,33,34). The van der Waals surface area contributed by atoms with Gasteiger partial charge in [-0.15, -0.1) is 0 Å². The highest BCUT2D eigenvalue weighted by Crippen LogP contribution is 2.35. The minimum Gasteiger partial charge on any atom is -0.494 e. The van der Waals surface area contributed by atoms with Crippen LogP contribution in [0.1, 0.15) is 57.4 Å². The van der Waals surface area contributed by atoms with Gasteiger partial charge in [0.15, 0.2) is 0 Å². The number of halogens is 3. The zero-order valence-corrected chi connectivity index (χ0v) is 20.3. The van der Waals surface area contributed by atoms with Crippen LogP contribution >= 0.6 is 0 Å². The fourth-order valence-electron chi connectivity index (χ4n) is 4.00. The largest absolute Gasteiger partial charge is 0.494 e. The summed E-state index contributed by atoms with van der Waals surface area (Å²) in [5, 5.41) is 5.74. The Morgan fingerprint density at radius 2 is 1.53 bits per heavy atom. The van der Waals surface area contributed by atoms with E-state index >= 15 is 0 Å². The van der Waals surface area contributed by atoms with Crippen LogP contribution in [-0.2, 0) is 6.18 Å². The van der Waals surface area contributed by atoms with Gasteiger partial charge in [-0.1, -0.05) is 19.8 Å². The number of hydrogen-bond acceptors (Lipinski definition) is 6. The van der Waals surface area contributed by atoms with Gasteiger partial charge >= 0.3 is 6.18 Å². The molecule has 1 heterocycles. The first-order valence-electron chi connectivity index (χ1n) is 12.4. The second-order valence-electron chi connectivity index (χ2n) is 8.83. The maximum Gasteiger partial charge on any atom is 0.421 e. The van der Waals surface area contributed by atoms with Gasteiger partial charge in [-0.05, 0) is 80.6 Å². The summed E-state index contributed by atoms with van der Waals surface area (Å²) in [6, 6.07) is 14.0. The molecule has 0 bridgehead atoms.